The Balaban J connectivity index is 0.000000245. The van der Waals surface area contributed by atoms with Gasteiger partial charge in [0.25, 0.3) is 0 Å². The number of rotatable bonds is 8. The van der Waals surface area contributed by atoms with Crippen molar-refractivity contribution >= 4 is 50.9 Å². The summed E-state index contributed by atoms with van der Waals surface area (Å²) in [5.74, 6) is 0.413. The van der Waals surface area contributed by atoms with E-state index in [-0.39, 0.29) is 24.5 Å². The first-order chi connectivity index (χ1) is 20.0. The van der Waals surface area contributed by atoms with E-state index in [4.69, 9.17) is 0 Å². The first kappa shape index (κ1) is 33.5. The first-order valence-corrected chi connectivity index (χ1v) is 15.2. The quantitative estimate of drug-likeness (QED) is 0.125. The lowest BCUT2D eigenvalue weighted by atomic mass is 9.96. The van der Waals surface area contributed by atoms with Crippen LogP contribution in [0.4, 0.5) is 0 Å². The van der Waals surface area contributed by atoms with Crippen molar-refractivity contribution in [2.45, 2.75) is 53.0 Å². The molecule has 0 radical (unpaired) electrons. The van der Waals surface area contributed by atoms with Crippen molar-refractivity contribution in [3.63, 3.8) is 0 Å². The summed E-state index contributed by atoms with van der Waals surface area (Å²) in [6, 6.07) is 23.5. The predicted molar refractivity (Wildman–Crippen MR) is 172 cm³/mol. The molecule has 1 atom stereocenters. The highest BCUT2D eigenvalue weighted by Gasteiger charge is 2.22. The Morgan fingerprint density at radius 1 is 0.927 bits per heavy atom. The lowest BCUT2D eigenvalue weighted by molar-refractivity contribution is -0.126. The Kier molecular flexibility index (Phi) is 15.8. The van der Waals surface area contributed by atoms with Crippen molar-refractivity contribution in [1.29, 1.82) is 0 Å². The molecule has 1 aliphatic rings. The Morgan fingerprint density at radius 3 is 2.20 bits per heavy atom. The van der Waals surface area contributed by atoms with Crippen LogP contribution in [0.1, 0.15) is 44.7 Å². The number of hydrogen-bond acceptors (Lipinski definition) is 5. The van der Waals surface area contributed by atoms with Gasteiger partial charge in [-0.05, 0) is 84.9 Å². The molecule has 1 aliphatic heterocycles. The molecule has 0 saturated carbocycles. The first-order valence-electron chi connectivity index (χ1n) is 14.3. The van der Waals surface area contributed by atoms with Crippen molar-refractivity contribution in [2.75, 3.05) is 19.8 Å². The summed E-state index contributed by atoms with van der Waals surface area (Å²) in [5, 5.41) is 17.2. The molecule has 0 spiro atoms. The Hall–Kier alpha value is -3.75. The van der Waals surface area contributed by atoms with Gasteiger partial charge in [-0.3, -0.25) is 14.4 Å². The fourth-order valence-corrected chi connectivity index (χ4v) is 5.52. The maximum absolute atomic E-state index is 12.3. The van der Waals surface area contributed by atoms with E-state index in [9.17, 15) is 14.4 Å². The molecule has 1 fully saturated rings. The number of amides is 3. The normalized spacial score (nSPS) is 13.2. The number of carbonyl (C=O) groups excluding carboxylic acids is 3. The monoisotopic (exact) mass is 576 g/mol. The van der Waals surface area contributed by atoms with Gasteiger partial charge in [0.1, 0.15) is 0 Å². The minimum atomic E-state index is 0.186. The maximum atomic E-state index is 12.3. The number of piperidine rings is 1. The highest BCUT2D eigenvalue weighted by atomic mass is 32.1. The van der Waals surface area contributed by atoms with Gasteiger partial charge in [0.05, 0.1) is 6.67 Å². The smallest absolute Gasteiger partial charge is 0.223 e. The number of hydrogen-bond donors (Lipinski definition) is 4. The zero-order chi connectivity index (χ0) is 29.9. The van der Waals surface area contributed by atoms with E-state index in [1.54, 1.807) is 11.3 Å². The van der Waals surface area contributed by atoms with E-state index in [1.807, 2.05) is 13.8 Å². The molecule has 7 nitrogen and oxygen atoms in total. The average Bonchev–Trinajstić information content (AvgIpc) is 3.42. The number of benzene rings is 3. The molecule has 4 N–H and O–H groups in total. The summed E-state index contributed by atoms with van der Waals surface area (Å²) in [5.41, 5.74) is 2.69. The topological polar surface area (TPSA) is 99.3 Å². The summed E-state index contributed by atoms with van der Waals surface area (Å²) in [6.07, 6.45) is 3.84. The van der Waals surface area contributed by atoms with Crippen molar-refractivity contribution in [1.82, 2.24) is 21.3 Å². The molecule has 0 aliphatic carbocycles. The van der Waals surface area contributed by atoms with Crippen LogP contribution in [-0.4, -0.2) is 44.5 Å². The maximum Gasteiger partial charge on any atom is 0.223 e. The molecule has 1 saturated heterocycles. The third-order valence-corrected chi connectivity index (χ3v) is 7.58. The second-order valence-electron chi connectivity index (χ2n) is 9.51. The highest BCUT2D eigenvalue weighted by Crippen LogP contribution is 2.26. The Bertz CT molecular complexity index is 1320. The molecule has 1 aromatic heterocycles. The number of fused-ring (bicyclic) bond motifs is 2. The van der Waals surface area contributed by atoms with E-state index < -0.39 is 0 Å². The second kappa shape index (κ2) is 19.3. The van der Waals surface area contributed by atoms with Crippen LogP contribution < -0.4 is 21.3 Å². The highest BCUT2D eigenvalue weighted by molar-refractivity contribution is 7.17. The van der Waals surface area contributed by atoms with Crippen LogP contribution in [0, 0.1) is 12.8 Å². The third-order valence-electron chi connectivity index (χ3n) is 6.56. The van der Waals surface area contributed by atoms with Gasteiger partial charge in [-0.25, -0.2) is 0 Å². The van der Waals surface area contributed by atoms with Crippen LogP contribution in [0.5, 0.6) is 0 Å². The molecule has 2 heterocycles. The standard InChI is InChI=1S/C17H22N2OS.C11H10.C3H6N2O2.C2H6/c1-12(19-17(20)13-6-8-18-9-7-13)10-14-11-21-16-5-3-2-4-15(14)16;1-9-5-4-7-10-6-2-3-8-11(9)10;6-2-4-1-5-3-7;1-2/h2-5,11-13,18H,6-10H2,1H3,(H,19,20);2-8H,1H3;2-3H,1H2,(H,4,6)(H,5,7);1-2H3/t12-;;;/m0.../s1. The van der Waals surface area contributed by atoms with Crippen LogP contribution in [0.3, 0.4) is 0 Å². The molecule has 0 bridgehead atoms. The second-order valence-corrected chi connectivity index (χ2v) is 10.4. The van der Waals surface area contributed by atoms with Gasteiger partial charge < -0.3 is 21.3 Å². The molecular weight excluding hydrogens is 532 g/mol. The van der Waals surface area contributed by atoms with Crippen LogP contribution in [-0.2, 0) is 20.8 Å². The number of thiophene rings is 1. The van der Waals surface area contributed by atoms with Crippen molar-refractivity contribution in [3.8, 4) is 0 Å². The van der Waals surface area contributed by atoms with E-state index in [0.717, 1.165) is 32.4 Å². The van der Waals surface area contributed by atoms with Crippen molar-refractivity contribution < 1.29 is 14.4 Å². The summed E-state index contributed by atoms with van der Waals surface area (Å²) in [7, 11) is 0. The molecule has 4 aromatic rings. The van der Waals surface area contributed by atoms with Gasteiger partial charge in [0.2, 0.25) is 18.7 Å². The molecule has 8 heteroatoms. The molecule has 3 amide bonds. The molecule has 3 aromatic carbocycles. The Morgan fingerprint density at radius 2 is 1.54 bits per heavy atom. The fourth-order valence-electron chi connectivity index (χ4n) is 4.55. The van der Waals surface area contributed by atoms with Gasteiger partial charge in [-0.2, -0.15) is 0 Å². The summed E-state index contributed by atoms with van der Waals surface area (Å²) >= 11 is 1.78. The van der Waals surface area contributed by atoms with Crippen LogP contribution in [0.2, 0.25) is 0 Å². The van der Waals surface area contributed by atoms with E-state index in [2.05, 4.69) is 107 Å². The minimum Gasteiger partial charge on any atom is -0.353 e. The molecule has 5 rings (SSSR count). The van der Waals surface area contributed by atoms with E-state index >= 15 is 0 Å². The Labute approximate surface area is 248 Å². The van der Waals surface area contributed by atoms with Gasteiger partial charge >= 0.3 is 0 Å². The van der Waals surface area contributed by atoms with Crippen molar-refractivity contribution in [3.05, 3.63) is 83.2 Å². The number of nitrogens with one attached hydrogen (secondary N) is 4. The summed E-state index contributed by atoms with van der Waals surface area (Å²) in [6.45, 7) is 10.4. The molecule has 0 unspecified atom stereocenters. The summed E-state index contributed by atoms with van der Waals surface area (Å²) < 4.78 is 1.32. The minimum absolute atomic E-state index is 0.186. The third kappa shape index (κ3) is 11.3. The zero-order valence-electron chi connectivity index (χ0n) is 24.6. The largest absolute Gasteiger partial charge is 0.353 e. The lowest BCUT2D eigenvalue weighted by Crippen LogP contribution is -2.42. The van der Waals surface area contributed by atoms with E-state index in [1.165, 1.54) is 32.0 Å². The lowest BCUT2D eigenvalue weighted by Gasteiger charge is -2.24. The number of carbonyl (C=O) groups is 3. The number of aryl methyl sites for hydroxylation is 1. The van der Waals surface area contributed by atoms with Gasteiger partial charge in [0.15, 0.2) is 0 Å². The average molecular weight is 577 g/mol. The fraction of sp³-hybridized carbons (Fsp3) is 0.364. The van der Waals surface area contributed by atoms with E-state index in [0.29, 0.717) is 12.8 Å². The van der Waals surface area contributed by atoms with Crippen LogP contribution in [0.25, 0.3) is 20.9 Å². The van der Waals surface area contributed by atoms with Crippen molar-refractivity contribution in [2.24, 2.45) is 5.92 Å². The van der Waals surface area contributed by atoms with Gasteiger partial charge in [0, 0.05) is 16.7 Å². The van der Waals surface area contributed by atoms with Crippen LogP contribution >= 0.6 is 11.3 Å². The van der Waals surface area contributed by atoms with Crippen LogP contribution in [0.15, 0.2) is 72.1 Å². The zero-order valence-corrected chi connectivity index (χ0v) is 25.4. The molecular formula is C33H44N4O3S. The molecule has 220 valence electrons. The molecule has 41 heavy (non-hydrogen) atoms. The predicted octanol–water partition coefficient (Wildman–Crippen LogP) is 5.56. The van der Waals surface area contributed by atoms with Gasteiger partial charge in [-0.15, -0.1) is 11.3 Å². The summed E-state index contributed by atoms with van der Waals surface area (Å²) in [4.78, 5) is 31.1. The SMILES string of the molecule is CC.C[C@@H](Cc1csc2ccccc12)NC(=O)C1CCNCC1.Cc1cccc2ccccc12.O=CNCNC=O. The van der Waals surface area contributed by atoms with Gasteiger partial charge in [-0.1, -0.05) is 74.5 Å².